The SMILES string of the molecule is CCN(Cc1cnnn1C)c1ccccc1C. The van der Waals surface area contributed by atoms with E-state index in [9.17, 15) is 0 Å². The van der Waals surface area contributed by atoms with Crippen LogP contribution in [0.2, 0.25) is 0 Å². The van der Waals surface area contributed by atoms with Crippen LogP contribution in [-0.4, -0.2) is 21.5 Å². The Labute approximate surface area is 102 Å². The molecule has 0 atom stereocenters. The number of benzene rings is 1. The fourth-order valence-corrected chi connectivity index (χ4v) is 1.94. The normalized spacial score (nSPS) is 10.5. The van der Waals surface area contributed by atoms with E-state index >= 15 is 0 Å². The van der Waals surface area contributed by atoms with Crippen LogP contribution in [-0.2, 0) is 13.6 Å². The Balaban J connectivity index is 2.23. The van der Waals surface area contributed by atoms with Gasteiger partial charge in [-0.25, -0.2) is 0 Å². The van der Waals surface area contributed by atoms with Crippen LogP contribution < -0.4 is 4.90 Å². The molecule has 0 unspecified atom stereocenters. The largest absolute Gasteiger partial charge is 0.366 e. The van der Waals surface area contributed by atoms with Crippen LogP contribution in [0.1, 0.15) is 18.2 Å². The predicted molar refractivity (Wildman–Crippen MR) is 68.9 cm³/mol. The van der Waals surface area contributed by atoms with Gasteiger partial charge in [0.1, 0.15) is 0 Å². The first-order chi connectivity index (χ1) is 8.22. The predicted octanol–water partition coefficient (Wildman–Crippen LogP) is 2.15. The third-order valence-corrected chi connectivity index (χ3v) is 3.00. The van der Waals surface area contributed by atoms with E-state index in [1.54, 1.807) is 0 Å². The Morgan fingerprint density at radius 3 is 2.65 bits per heavy atom. The molecular formula is C13H18N4. The fraction of sp³-hybridized carbons (Fsp3) is 0.385. The fourth-order valence-electron chi connectivity index (χ4n) is 1.94. The molecule has 0 saturated carbocycles. The molecule has 0 amide bonds. The summed E-state index contributed by atoms with van der Waals surface area (Å²) in [6.45, 7) is 6.11. The number of nitrogens with zero attached hydrogens (tertiary/aromatic N) is 4. The quantitative estimate of drug-likeness (QED) is 0.807. The highest BCUT2D eigenvalue weighted by atomic mass is 15.4. The van der Waals surface area contributed by atoms with Gasteiger partial charge >= 0.3 is 0 Å². The third-order valence-electron chi connectivity index (χ3n) is 3.00. The lowest BCUT2D eigenvalue weighted by Gasteiger charge is -2.24. The molecule has 1 aromatic carbocycles. The summed E-state index contributed by atoms with van der Waals surface area (Å²) in [4.78, 5) is 2.33. The maximum Gasteiger partial charge on any atom is 0.0776 e. The summed E-state index contributed by atoms with van der Waals surface area (Å²) < 4.78 is 1.82. The first-order valence-corrected chi connectivity index (χ1v) is 5.86. The summed E-state index contributed by atoms with van der Waals surface area (Å²) in [6.07, 6.45) is 1.82. The molecule has 0 aliphatic carbocycles. The van der Waals surface area contributed by atoms with Gasteiger partial charge in [0, 0.05) is 19.3 Å². The lowest BCUT2D eigenvalue weighted by molar-refractivity contribution is 0.661. The maximum atomic E-state index is 3.96. The monoisotopic (exact) mass is 230 g/mol. The second-order valence-corrected chi connectivity index (χ2v) is 4.15. The molecule has 4 heteroatoms. The molecule has 0 fully saturated rings. The van der Waals surface area contributed by atoms with Gasteiger partial charge in [0.05, 0.1) is 18.4 Å². The average Bonchev–Trinajstić information content (AvgIpc) is 2.73. The van der Waals surface area contributed by atoms with Crippen molar-refractivity contribution in [1.82, 2.24) is 15.0 Å². The van der Waals surface area contributed by atoms with Gasteiger partial charge in [-0.3, -0.25) is 4.68 Å². The van der Waals surface area contributed by atoms with E-state index < -0.39 is 0 Å². The zero-order chi connectivity index (χ0) is 12.3. The number of hydrogen-bond acceptors (Lipinski definition) is 3. The zero-order valence-corrected chi connectivity index (χ0v) is 10.6. The van der Waals surface area contributed by atoms with Gasteiger partial charge in [-0.2, -0.15) is 0 Å². The topological polar surface area (TPSA) is 34.0 Å². The highest BCUT2D eigenvalue weighted by Crippen LogP contribution is 2.20. The summed E-state index contributed by atoms with van der Waals surface area (Å²) in [5, 5.41) is 7.87. The molecule has 0 N–H and O–H groups in total. The Hall–Kier alpha value is -1.84. The second kappa shape index (κ2) is 4.99. The van der Waals surface area contributed by atoms with Crippen molar-refractivity contribution in [1.29, 1.82) is 0 Å². The first kappa shape index (κ1) is 11.6. The van der Waals surface area contributed by atoms with Crippen LogP contribution >= 0.6 is 0 Å². The molecule has 2 rings (SSSR count). The van der Waals surface area contributed by atoms with Gasteiger partial charge < -0.3 is 4.90 Å². The highest BCUT2D eigenvalue weighted by Gasteiger charge is 2.09. The second-order valence-electron chi connectivity index (χ2n) is 4.15. The summed E-state index contributed by atoms with van der Waals surface area (Å²) in [5.41, 5.74) is 3.69. The van der Waals surface area contributed by atoms with Crippen molar-refractivity contribution in [3.8, 4) is 0 Å². The molecule has 0 aliphatic rings. The highest BCUT2D eigenvalue weighted by molar-refractivity contribution is 5.52. The Morgan fingerprint density at radius 1 is 1.29 bits per heavy atom. The van der Waals surface area contributed by atoms with Gasteiger partial charge in [-0.15, -0.1) is 5.10 Å². The van der Waals surface area contributed by atoms with E-state index in [0.29, 0.717) is 0 Å². The molecule has 1 aromatic heterocycles. The van der Waals surface area contributed by atoms with Crippen molar-refractivity contribution in [3.63, 3.8) is 0 Å². The molecule has 0 radical (unpaired) electrons. The molecular weight excluding hydrogens is 212 g/mol. The number of para-hydroxylation sites is 1. The summed E-state index contributed by atoms with van der Waals surface area (Å²) in [7, 11) is 1.92. The van der Waals surface area contributed by atoms with E-state index in [0.717, 1.165) is 18.8 Å². The minimum atomic E-state index is 0.838. The van der Waals surface area contributed by atoms with Crippen molar-refractivity contribution < 1.29 is 0 Å². The van der Waals surface area contributed by atoms with Crippen molar-refractivity contribution >= 4 is 5.69 Å². The Kier molecular flexibility index (Phi) is 3.42. The summed E-state index contributed by atoms with van der Waals surface area (Å²) in [6, 6.07) is 8.44. The van der Waals surface area contributed by atoms with Gasteiger partial charge in [-0.1, -0.05) is 23.4 Å². The van der Waals surface area contributed by atoms with Gasteiger partial charge in [0.25, 0.3) is 0 Å². The molecule has 90 valence electrons. The van der Waals surface area contributed by atoms with Crippen LogP contribution in [0.4, 0.5) is 5.69 Å². The Bertz CT molecular complexity index is 490. The Morgan fingerprint density at radius 2 is 2.06 bits per heavy atom. The molecule has 4 nitrogen and oxygen atoms in total. The molecule has 0 bridgehead atoms. The summed E-state index contributed by atoms with van der Waals surface area (Å²) in [5.74, 6) is 0. The van der Waals surface area contributed by atoms with Crippen LogP contribution in [0.5, 0.6) is 0 Å². The number of rotatable bonds is 4. The van der Waals surface area contributed by atoms with E-state index in [1.165, 1.54) is 11.3 Å². The van der Waals surface area contributed by atoms with E-state index in [1.807, 2.05) is 17.9 Å². The molecule has 0 spiro atoms. The number of aromatic nitrogens is 3. The average molecular weight is 230 g/mol. The summed E-state index contributed by atoms with van der Waals surface area (Å²) >= 11 is 0. The van der Waals surface area contributed by atoms with Crippen molar-refractivity contribution in [2.45, 2.75) is 20.4 Å². The number of hydrogen-bond donors (Lipinski definition) is 0. The van der Waals surface area contributed by atoms with Gasteiger partial charge in [-0.05, 0) is 25.5 Å². The lowest BCUT2D eigenvalue weighted by atomic mass is 10.2. The lowest BCUT2D eigenvalue weighted by Crippen LogP contribution is -2.24. The van der Waals surface area contributed by atoms with Crippen molar-refractivity contribution in [2.75, 3.05) is 11.4 Å². The van der Waals surface area contributed by atoms with E-state index in [4.69, 9.17) is 0 Å². The van der Waals surface area contributed by atoms with Gasteiger partial charge in [0.2, 0.25) is 0 Å². The molecule has 0 aliphatic heterocycles. The molecule has 1 heterocycles. The zero-order valence-electron chi connectivity index (χ0n) is 10.6. The molecule has 17 heavy (non-hydrogen) atoms. The smallest absolute Gasteiger partial charge is 0.0776 e. The van der Waals surface area contributed by atoms with E-state index in [-0.39, 0.29) is 0 Å². The van der Waals surface area contributed by atoms with Crippen LogP contribution in [0.3, 0.4) is 0 Å². The van der Waals surface area contributed by atoms with Crippen molar-refractivity contribution in [2.24, 2.45) is 7.05 Å². The van der Waals surface area contributed by atoms with E-state index in [2.05, 4.69) is 53.3 Å². The standard InChI is InChI=1S/C13H18N4/c1-4-17(10-12-9-14-15-16(12)3)13-8-6-5-7-11(13)2/h5-9H,4,10H2,1-3H3. The van der Waals surface area contributed by atoms with Crippen LogP contribution in [0, 0.1) is 6.92 Å². The maximum absolute atomic E-state index is 3.96. The number of aryl methyl sites for hydroxylation is 2. The number of anilines is 1. The minimum absolute atomic E-state index is 0.838. The van der Waals surface area contributed by atoms with Crippen LogP contribution in [0.25, 0.3) is 0 Å². The van der Waals surface area contributed by atoms with Crippen LogP contribution in [0.15, 0.2) is 30.5 Å². The third kappa shape index (κ3) is 2.46. The molecule has 2 aromatic rings. The van der Waals surface area contributed by atoms with Gasteiger partial charge in [0.15, 0.2) is 0 Å². The minimum Gasteiger partial charge on any atom is -0.366 e. The molecule has 0 saturated heterocycles. The first-order valence-electron chi connectivity index (χ1n) is 5.86. The van der Waals surface area contributed by atoms with Crippen molar-refractivity contribution in [3.05, 3.63) is 41.7 Å².